The quantitative estimate of drug-likeness (QED) is 0.836. The minimum atomic E-state index is 0.371. The molecule has 1 rings (SSSR count). The van der Waals surface area contributed by atoms with Gasteiger partial charge in [-0.15, -0.1) is 11.3 Å². The molecule has 1 unspecified atom stereocenters. The Bertz CT molecular complexity index is 294. The lowest BCUT2D eigenvalue weighted by Crippen LogP contribution is -2.34. The number of nitrogens with zero attached hydrogens (tertiary/aromatic N) is 1. The van der Waals surface area contributed by atoms with Crippen LogP contribution in [0.2, 0.25) is 0 Å². The van der Waals surface area contributed by atoms with Crippen LogP contribution in [0.25, 0.3) is 0 Å². The van der Waals surface area contributed by atoms with Gasteiger partial charge in [0.05, 0.1) is 6.04 Å². The van der Waals surface area contributed by atoms with Crippen molar-refractivity contribution in [2.45, 2.75) is 39.3 Å². The van der Waals surface area contributed by atoms with Gasteiger partial charge < -0.3 is 5.73 Å². The van der Waals surface area contributed by atoms with Crippen molar-refractivity contribution in [2.24, 2.45) is 5.73 Å². The fourth-order valence-corrected chi connectivity index (χ4v) is 2.72. The first-order valence-corrected chi connectivity index (χ1v) is 6.42. The third-order valence-corrected chi connectivity index (χ3v) is 4.22. The maximum absolute atomic E-state index is 5.86. The third-order valence-electron chi connectivity index (χ3n) is 2.89. The molecule has 86 valence electrons. The standard InChI is InChI=1S/C12H22N2S/c1-5-10-6-7-12(15-10)11(8-13)14(4)9(2)3/h6-7,9,11H,5,8,13H2,1-4H3. The minimum Gasteiger partial charge on any atom is -0.329 e. The van der Waals surface area contributed by atoms with E-state index in [0.29, 0.717) is 18.6 Å². The van der Waals surface area contributed by atoms with Crippen molar-refractivity contribution in [1.82, 2.24) is 4.90 Å². The van der Waals surface area contributed by atoms with E-state index < -0.39 is 0 Å². The molecule has 0 saturated carbocycles. The van der Waals surface area contributed by atoms with Crippen LogP contribution in [0.1, 0.15) is 36.6 Å². The summed E-state index contributed by atoms with van der Waals surface area (Å²) in [4.78, 5) is 5.18. The average Bonchev–Trinajstić information content (AvgIpc) is 2.67. The van der Waals surface area contributed by atoms with Crippen molar-refractivity contribution in [3.63, 3.8) is 0 Å². The molecule has 15 heavy (non-hydrogen) atoms. The minimum absolute atomic E-state index is 0.371. The second-order valence-corrected chi connectivity index (χ2v) is 5.37. The summed E-state index contributed by atoms with van der Waals surface area (Å²) in [6.45, 7) is 7.30. The fourth-order valence-electron chi connectivity index (χ4n) is 1.61. The van der Waals surface area contributed by atoms with Crippen LogP contribution in [0, 0.1) is 0 Å². The second kappa shape index (κ2) is 5.64. The predicted molar refractivity (Wildman–Crippen MR) is 68.4 cm³/mol. The summed E-state index contributed by atoms with van der Waals surface area (Å²) in [6, 6.07) is 5.34. The molecule has 0 saturated heterocycles. The molecular formula is C12H22N2S. The molecule has 0 aliphatic rings. The number of rotatable bonds is 5. The largest absolute Gasteiger partial charge is 0.329 e. The zero-order chi connectivity index (χ0) is 11.4. The molecule has 1 heterocycles. The van der Waals surface area contributed by atoms with E-state index in [2.05, 4.69) is 44.9 Å². The lowest BCUT2D eigenvalue weighted by molar-refractivity contribution is 0.204. The van der Waals surface area contributed by atoms with Crippen LogP contribution in [-0.2, 0) is 6.42 Å². The Morgan fingerprint density at radius 1 is 1.40 bits per heavy atom. The van der Waals surface area contributed by atoms with Crippen LogP contribution in [0.4, 0.5) is 0 Å². The normalized spacial score (nSPS) is 13.8. The highest BCUT2D eigenvalue weighted by atomic mass is 32.1. The smallest absolute Gasteiger partial charge is 0.0564 e. The fraction of sp³-hybridized carbons (Fsp3) is 0.667. The molecule has 0 aliphatic carbocycles. The van der Waals surface area contributed by atoms with Crippen LogP contribution in [0.3, 0.4) is 0 Å². The summed E-state index contributed by atoms with van der Waals surface area (Å²) >= 11 is 1.89. The van der Waals surface area contributed by atoms with Crippen LogP contribution in [-0.4, -0.2) is 24.5 Å². The molecule has 0 radical (unpaired) electrons. The number of hydrogen-bond donors (Lipinski definition) is 1. The van der Waals surface area contributed by atoms with Gasteiger partial charge in [-0.25, -0.2) is 0 Å². The van der Waals surface area contributed by atoms with Crippen LogP contribution < -0.4 is 5.73 Å². The summed E-state index contributed by atoms with van der Waals surface area (Å²) in [5.74, 6) is 0. The molecule has 1 atom stereocenters. The van der Waals surface area contributed by atoms with Gasteiger partial charge >= 0.3 is 0 Å². The molecule has 1 aromatic rings. The van der Waals surface area contributed by atoms with Crippen molar-refractivity contribution < 1.29 is 0 Å². The molecular weight excluding hydrogens is 204 g/mol. The molecule has 0 aromatic carbocycles. The Labute approximate surface area is 97.1 Å². The highest BCUT2D eigenvalue weighted by molar-refractivity contribution is 7.12. The van der Waals surface area contributed by atoms with E-state index in [1.165, 1.54) is 9.75 Å². The van der Waals surface area contributed by atoms with E-state index >= 15 is 0 Å². The lowest BCUT2D eigenvalue weighted by Gasteiger charge is -2.29. The van der Waals surface area contributed by atoms with Gasteiger partial charge in [0, 0.05) is 22.3 Å². The van der Waals surface area contributed by atoms with Gasteiger partial charge in [0.15, 0.2) is 0 Å². The molecule has 2 nitrogen and oxygen atoms in total. The summed E-state index contributed by atoms with van der Waals surface area (Å²) in [7, 11) is 2.15. The molecule has 0 amide bonds. The van der Waals surface area contributed by atoms with Crippen LogP contribution in [0.15, 0.2) is 12.1 Å². The maximum atomic E-state index is 5.86. The highest BCUT2D eigenvalue weighted by Crippen LogP contribution is 2.27. The third kappa shape index (κ3) is 3.03. The molecule has 0 bridgehead atoms. The van der Waals surface area contributed by atoms with E-state index in [0.717, 1.165) is 6.42 Å². The summed E-state index contributed by atoms with van der Waals surface area (Å²) in [5.41, 5.74) is 5.86. The highest BCUT2D eigenvalue weighted by Gasteiger charge is 2.19. The summed E-state index contributed by atoms with van der Waals surface area (Å²) < 4.78 is 0. The Hall–Kier alpha value is -0.380. The Morgan fingerprint density at radius 2 is 2.07 bits per heavy atom. The van der Waals surface area contributed by atoms with Gasteiger partial charge in [-0.2, -0.15) is 0 Å². The number of aryl methyl sites for hydroxylation is 1. The van der Waals surface area contributed by atoms with Gasteiger partial charge in [0.2, 0.25) is 0 Å². The van der Waals surface area contributed by atoms with E-state index in [-0.39, 0.29) is 0 Å². The molecule has 0 spiro atoms. The summed E-state index contributed by atoms with van der Waals surface area (Å²) in [5, 5.41) is 0. The first kappa shape index (κ1) is 12.7. The predicted octanol–water partition coefficient (Wildman–Crippen LogP) is 2.65. The second-order valence-electron chi connectivity index (χ2n) is 4.17. The SMILES string of the molecule is CCc1ccc(C(CN)N(C)C(C)C)s1. The van der Waals surface area contributed by atoms with E-state index in [9.17, 15) is 0 Å². The molecule has 1 aromatic heterocycles. The Balaban J connectivity index is 2.82. The van der Waals surface area contributed by atoms with Gasteiger partial charge in [0.25, 0.3) is 0 Å². The molecule has 0 aliphatic heterocycles. The van der Waals surface area contributed by atoms with Crippen molar-refractivity contribution in [2.75, 3.05) is 13.6 Å². The zero-order valence-corrected chi connectivity index (χ0v) is 11.0. The van der Waals surface area contributed by atoms with Crippen molar-refractivity contribution in [3.8, 4) is 0 Å². The Morgan fingerprint density at radius 3 is 2.47 bits per heavy atom. The monoisotopic (exact) mass is 226 g/mol. The van der Waals surface area contributed by atoms with Crippen molar-refractivity contribution >= 4 is 11.3 Å². The van der Waals surface area contributed by atoms with Crippen LogP contribution in [0.5, 0.6) is 0 Å². The topological polar surface area (TPSA) is 29.3 Å². The first-order valence-electron chi connectivity index (χ1n) is 5.60. The van der Waals surface area contributed by atoms with Gasteiger partial charge in [0.1, 0.15) is 0 Å². The number of thiophene rings is 1. The molecule has 3 heteroatoms. The van der Waals surface area contributed by atoms with Crippen molar-refractivity contribution in [1.29, 1.82) is 0 Å². The van der Waals surface area contributed by atoms with Gasteiger partial charge in [-0.3, -0.25) is 4.90 Å². The van der Waals surface area contributed by atoms with Crippen molar-refractivity contribution in [3.05, 3.63) is 21.9 Å². The number of likely N-dealkylation sites (N-methyl/N-ethyl adjacent to an activating group) is 1. The maximum Gasteiger partial charge on any atom is 0.0564 e. The van der Waals surface area contributed by atoms with E-state index in [4.69, 9.17) is 5.73 Å². The van der Waals surface area contributed by atoms with Crippen LogP contribution >= 0.6 is 11.3 Å². The number of nitrogens with two attached hydrogens (primary N) is 1. The molecule has 0 fully saturated rings. The summed E-state index contributed by atoms with van der Waals surface area (Å²) in [6.07, 6.45) is 1.12. The average molecular weight is 226 g/mol. The molecule has 2 N–H and O–H groups in total. The van der Waals surface area contributed by atoms with Gasteiger partial charge in [-0.1, -0.05) is 6.92 Å². The lowest BCUT2D eigenvalue weighted by atomic mass is 10.2. The van der Waals surface area contributed by atoms with E-state index in [1.54, 1.807) is 0 Å². The number of hydrogen-bond acceptors (Lipinski definition) is 3. The van der Waals surface area contributed by atoms with E-state index in [1.807, 2.05) is 11.3 Å². The Kier molecular flexibility index (Phi) is 4.77. The zero-order valence-electron chi connectivity index (χ0n) is 10.2. The van der Waals surface area contributed by atoms with Gasteiger partial charge in [-0.05, 0) is 39.4 Å². The first-order chi connectivity index (χ1) is 7.10.